The Kier molecular flexibility index (Phi) is 4.42. The summed E-state index contributed by atoms with van der Waals surface area (Å²) < 4.78 is 21.8. The predicted molar refractivity (Wildman–Crippen MR) is 102 cm³/mol. The van der Waals surface area contributed by atoms with E-state index in [0.717, 1.165) is 16.5 Å². The van der Waals surface area contributed by atoms with Gasteiger partial charge in [-0.05, 0) is 36.2 Å². The van der Waals surface area contributed by atoms with Crippen molar-refractivity contribution in [1.82, 2.24) is 19.7 Å². The van der Waals surface area contributed by atoms with Crippen LogP contribution in [0.4, 0.5) is 16.0 Å². The van der Waals surface area contributed by atoms with E-state index in [4.69, 9.17) is 4.74 Å². The van der Waals surface area contributed by atoms with Gasteiger partial charge in [0, 0.05) is 24.7 Å². The summed E-state index contributed by atoms with van der Waals surface area (Å²) in [7, 11) is 1.84. The van der Waals surface area contributed by atoms with Crippen molar-refractivity contribution in [2.24, 2.45) is 7.05 Å². The fourth-order valence-electron chi connectivity index (χ4n) is 2.87. The maximum Gasteiger partial charge on any atom is 0.166 e. The summed E-state index contributed by atoms with van der Waals surface area (Å²) >= 11 is 0. The minimum Gasteiger partial charge on any atom is -0.454 e. The summed E-state index contributed by atoms with van der Waals surface area (Å²) in [6.45, 7) is 1.96. The maximum absolute atomic E-state index is 14.2. The Labute approximate surface area is 155 Å². The summed E-state index contributed by atoms with van der Waals surface area (Å²) in [5, 5.41) is 8.24. The number of aryl methyl sites for hydroxylation is 2. The zero-order valence-electron chi connectivity index (χ0n) is 15.0. The van der Waals surface area contributed by atoms with E-state index in [1.54, 1.807) is 22.9 Å². The molecule has 0 bridgehead atoms. The number of hydrogen-bond acceptors (Lipinski definition) is 5. The molecule has 0 spiro atoms. The minimum atomic E-state index is -0.384. The van der Waals surface area contributed by atoms with E-state index in [0.29, 0.717) is 23.8 Å². The largest absolute Gasteiger partial charge is 0.454 e. The Hall–Kier alpha value is -3.48. The van der Waals surface area contributed by atoms with Gasteiger partial charge in [0.2, 0.25) is 0 Å². The van der Waals surface area contributed by atoms with Gasteiger partial charge in [-0.15, -0.1) is 0 Å². The summed E-state index contributed by atoms with van der Waals surface area (Å²) in [5.41, 5.74) is 1.56. The van der Waals surface area contributed by atoms with Gasteiger partial charge in [0.15, 0.2) is 17.4 Å². The van der Waals surface area contributed by atoms with Crippen molar-refractivity contribution in [2.75, 3.05) is 5.32 Å². The lowest BCUT2D eigenvalue weighted by atomic mass is 10.1. The highest BCUT2D eigenvalue weighted by atomic mass is 19.1. The quantitative estimate of drug-likeness (QED) is 0.561. The van der Waals surface area contributed by atoms with Crippen LogP contribution >= 0.6 is 0 Å². The Balaban J connectivity index is 1.72. The molecule has 0 fully saturated rings. The number of anilines is 2. The highest BCUT2D eigenvalue weighted by molar-refractivity contribution is 5.91. The molecule has 0 aliphatic heterocycles. The van der Waals surface area contributed by atoms with Gasteiger partial charge < -0.3 is 10.1 Å². The van der Waals surface area contributed by atoms with E-state index in [-0.39, 0.29) is 11.6 Å². The molecule has 2 aromatic heterocycles. The molecule has 0 unspecified atom stereocenters. The Morgan fingerprint density at radius 2 is 2.04 bits per heavy atom. The Morgan fingerprint density at radius 3 is 2.81 bits per heavy atom. The lowest BCUT2D eigenvalue weighted by Gasteiger charge is -2.12. The highest BCUT2D eigenvalue weighted by Crippen LogP contribution is 2.32. The van der Waals surface area contributed by atoms with Gasteiger partial charge in [-0.2, -0.15) is 5.10 Å². The van der Waals surface area contributed by atoms with Crippen LogP contribution < -0.4 is 10.1 Å². The monoisotopic (exact) mass is 363 g/mol. The van der Waals surface area contributed by atoms with Gasteiger partial charge in [-0.3, -0.25) is 4.68 Å². The van der Waals surface area contributed by atoms with Crippen LogP contribution in [0, 0.1) is 5.82 Å². The van der Waals surface area contributed by atoms with Gasteiger partial charge in [-0.25, -0.2) is 14.4 Å². The number of rotatable bonds is 5. The minimum absolute atomic E-state index is 0.246. The standard InChI is InChI=1S/C20H18FN5O/c1-3-13-5-4-6-16(21)19(13)27-14-7-8-17-15(11-14)20(23-12-22-17)24-18-9-10-26(2)25-18/h4-12H,3H2,1-2H3,(H,22,23,24,25). The van der Waals surface area contributed by atoms with Crippen molar-refractivity contribution >= 4 is 22.5 Å². The molecule has 2 heterocycles. The van der Waals surface area contributed by atoms with Crippen molar-refractivity contribution in [3.63, 3.8) is 0 Å². The smallest absolute Gasteiger partial charge is 0.166 e. The van der Waals surface area contributed by atoms with Crippen LogP contribution in [0.1, 0.15) is 12.5 Å². The lowest BCUT2D eigenvalue weighted by Crippen LogP contribution is -1.98. The summed E-state index contributed by atoms with van der Waals surface area (Å²) in [4.78, 5) is 8.59. The van der Waals surface area contributed by atoms with Gasteiger partial charge in [0.25, 0.3) is 0 Å². The molecular formula is C20H18FN5O. The zero-order valence-corrected chi connectivity index (χ0v) is 15.0. The number of hydrogen-bond donors (Lipinski definition) is 1. The van der Waals surface area contributed by atoms with Crippen molar-refractivity contribution in [3.05, 3.63) is 66.4 Å². The van der Waals surface area contributed by atoms with Crippen LogP contribution in [0.2, 0.25) is 0 Å². The molecule has 0 amide bonds. The number of nitrogens with zero attached hydrogens (tertiary/aromatic N) is 4. The normalized spacial score (nSPS) is 10.9. The fourth-order valence-corrected chi connectivity index (χ4v) is 2.87. The van der Waals surface area contributed by atoms with Crippen LogP contribution in [0.5, 0.6) is 11.5 Å². The first kappa shape index (κ1) is 17.0. The average molecular weight is 363 g/mol. The number of aromatic nitrogens is 4. The number of nitrogens with one attached hydrogen (secondary N) is 1. The van der Waals surface area contributed by atoms with E-state index >= 15 is 0 Å². The number of ether oxygens (including phenoxy) is 1. The number of benzene rings is 2. The first-order valence-corrected chi connectivity index (χ1v) is 8.60. The van der Waals surface area contributed by atoms with Gasteiger partial charge in [-0.1, -0.05) is 19.1 Å². The van der Waals surface area contributed by atoms with Crippen molar-refractivity contribution in [1.29, 1.82) is 0 Å². The SMILES string of the molecule is CCc1cccc(F)c1Oc1ccc2ncnc(Nc3ccn(C)n3)c2c1. The van der Waals surface area contributed by atoms with E-state index in [1.807, 2.05) is 38.4 Å². The average Bonchev–Trinajstić information content (AvgIpc) is 3.08. The molecule has 0 saturated heterocycles. The van der Waals surface area contributed by atoms with Crippen molar-refractivity contribution in [3.8, 4) is 11.5 Å². The second-order valence-corrected chi connectivity index (χ2v) is 6.08. The first-order valence-electron chi connectivity index (χ1n) is 8.60. The van der Waals surface area contributed by atoms with Gasteiger partial charge in [0.1, 0.15) is 17.9 Å². The third kappa shape index (κ3) is 3.44. The van der Waals surface area contributed by atoms with Crippen molar-refractivity contribution < 1.29 is 9.13 Å². The third-order valence-electron chi connectivity index (χ3n) is 4.22. The van der Waals surface area contributed by atoms with E-state index in [1.165, 1.54) is 12.4 Å². The molecule has 0 saturated carbocycles. The Bertz CT molecular complexity index is 1110. The number of fused-ring (bicyclic) bond motifs is 1. The number of halogens is 1. The highest BCUT2D eigenvalue weighted by Gasteiger charge is 2.12. The van der Waals surface area contributed by atoms with Crippen LogP contribution in [-0.4, -0.2) is 19.7 Å². The molecule has 0 atom stereocenters. The zero-order chi connectivity index (χ0) is 18.8. The van der Waals surface area contributed by atoms with Gasteiger partial charge in [0.05, 0.1) is 5.52 Å². The summed E-state index contributed by atoms with van der Waals surface area (Å²) in [5.74, 6) is 1.65. The molecule has 0 aliphatic rings. The predicted octanol–water partition coefficient (Wildman–Crippen LogP) is 4.60. The second-order valence-electron chi connectivity index (χ2n) is 6.08. The topological polar surface area (TPSA) is 64.9 Å². The lowest BCUT2D eigenvalue weighted by molar-refractivity contribution is 0.437. The van der Waals surface area contributed by atoms with Crippen LogP contribution in [0.15, 0.2) is 55.0 Å². The Morgan fingerprint density at radius 1 is 1.15 bits per heavy atom. The van der Waals surface area contributed by atoms with E-state index in [9.17, 15) is 4.39 Å². The van der Waals surface area contributed by atoms with Crippen molar-refractivity contribution in [2.45, 2.75) is 13.3 Å². The molecule has 1 N–H and O–H groups in total. The van der Waals surface area contributed by atoms with E-state index < -0.39 is 0 Å². The molecule has 4 rings (SSSR count). The van der Waals surface area contributed by atoms with Crippen LogP contribution in [0.25, 0.3) is 10.9 Å². The first-order chi connectivity index (χ1) is 13.1. The molecule has 6 nitrogen and oxygen atoms in total. The molecule has 2 aromatic carbocycles. The second kappa shape index (κ2) is 7.03. The fraction of sp³-hybridized carbons (Fsp3) is 0.150. The molecule has 4 aromatic rings. The molecule has 136 valence electrons. The summed E-state index contributed by atoms with van der Waals surface area (Å²) in [6, 6.07) is 12.2. The molecule has 0 radical (unpaired) electrons. The van der Waals surface area contributed by atoms with E-state index in [2.05, 4.69) is 20.4 Å². The third-order valence-corrected chi connectivity index (χ3v) is 4.22. The molecule has 27 heavy (non-hydrogen) atoms. The molecule has 0 aliphatic carbocycles. The number of para-hydroxylation sites is 1. The summed E-state index contributed by atoms with van der Waals surface area (Å²) in [6.07, 6.45) is 4.00. The van der Waals surface area contributed by atoms with Gasteiger partial charge >= 0.3 is 0 Å². The van der Waals surface area contributed by atoms with Crippen LogP contribution in [-0.2, 0) is 13.5 Å². The van der Waals surface area contributed by atoms with Crippen LogP contribution in [0.3, 0.4) is 0 Å². The molecular weight excluding hydrogens is 345 g/mol. The molecule has 7 heteroatoms. The maximum atomic E-state index is 14.2.